The molecule has 0 radical (unpaired) electrons. The molecule has 0 spiro atoms. The van der Waals surface area contributed by atoms with Gasteiger partial charge in [0.05, 0.1) is 9.82 Å². The maximum Gasteiger partial charge on any atom is 0.312 e. The second-order valence-electron chi connectivity index (χ2n) is 4.89. The second-order valence-corrected chi connectivity index (χ2v) is 6.66. The number of rotatable bonds is 6. The van der Waals surface area contributed by atoms with Crippen molar-refractivity contribution in [1.82, 2.24) is 4.72 Å². The first-order valence-electron chi connectivity index (χ1n) is 6.37. The molecule has 1 aliphatic carbocycles. The van der Waals surface area contributed by atoms with Gasteiger partial charge < -0.3 is 5.11 Å². The summed E-state index contributed by atoms with van der Waals surface area (Å²) < 4.78 is 26.4. The maximum atomic E-state index is 12.0. The Labute approximate surface area is 116 Å². The van der Waals surface area contributed by atoms with Gasteiger partial charge in [-0.15, -0.1) is 0 Å². The van der Waals surface area contributed by atoms with E-state index in [1.807, 2.05) is 0 Å². The lowest BCUT2D eigenvalue weighted by atomic mass is 9.83. The van der Waals surface area contributed by atoms with Gasteiger partial charge in [0, 0.05) is 12.6 Å². The fraction of sp³-hybridized carbons (Fsp3) is 0.500. The lowest BCUT2D eigenvalue weighted by Crippen LogP contribution is -2.27. The molecule has 0 bridgehead atoms. The van der Waals surface area contributed by atoms with E-state index in [-0.39, 0.29) is 4.90 Å². The number of sulfonamides is 1. The molecule has 1 aromatic rings. The van der Waals surface area contributed by atoms with Crippen LogP contribution < -0.4 is 4.72 Å². The first kappa shape index (κ1) is 14.7. The van der Waals surface area contributed by atoms with Gasteiger partial charge in [0.25, 0.3) is 0 Å². The number of phenols is 1. The molecule has 0 heterocycles. The van der Waals surface area contributed by atoms with Crippen LogP contribution in [0.25, 0.3) is 0 Å². The van der Waals surface area contributed by atoms with E-state index in [1.165, 1.54) is 6.42 Å². The molecule has 0 atom stereocenters. The van der Waals surface area contributed by atoms with Crippen molar-refractivity contribution in [2.75, 3.05) is 6.54 Å². The van der Waals surface area contributed by atoms with E-state index in [9.17, 15) is 23.6 Å². The predicted molar refractivity (Wildman–Crippen MR) is 71.9 cm³/mol. The van der Waals surface area contributed by atoms with Gasteiger partial charge in [-0.2, -0.15) is 0 Å². The number of nitro benzene ring substituents is 1. The Bertz CT molecular complexity index is 610. The van der Waals surface area contributed by atoms with Crippen molar-refractivity contribution in [3.8, 4) is 5.75 Å². The summed E-state index contributed by atoms with van der Waals surface area (Å²) in [4.78, 5) is 9.65. The molecule has 0 amide bonds. The molecule has 7 nitrogen and oxygen atoms in total. The van der Waals surface area contributed by atoms with Crippen LogP contribution in [0.5, 0.6) is 5.75 Å². The Morgan fingerprint density at radius 2 is 2.10 bits per heavy atom. The fourth-order valence-corrected chi connectivity index (χ4v) is 3.15. The molecule has 20 heavy (non-hydrogen) atoms. The molecule has 0 unspecified atom stereocenters. The van der Waals surface area contributed by atoms with Crippen LogP contribution in [-0.4, -0.2) is 25.0 Å². The Balaban J connectivity index is 2.08. The fourth-order valence-electron chi connectivity index (χ4n) is 2.08. The molecule has 1 fully saturated rings. The van der Waals surface area contributed by atoms with Crippen molar-refractivity contribution in [3.63, 3.8) is 0 Å². The zero-order valence-corrected chi connectivity index (χ0v) is 11.6. The standard InChI is InChI=1S/C12H16N2O5S/c15-12-5-4-10(8-11(12)14(16)17)20(18,19)13-7-6-9-2-1-3-9/h4-5,8-9,13,15H,1-3,6-7H2. The van der Waals surface area contributed by atoms with Crippen molar-refractivity contribution in [2.24, 2.45) is 5.92 Å². The van der Waals surface area contributed by atoms with Crippen LogP contribution >= 0.6 is 0 Å². The zero-order chi connectivity index (χ0) is 14.8. The number of aromatic hydroxyl groups is 1. The summed E-state index contributed by atoms with van der Waals surface area (Å²) in [6, 6.07) is 3.02. The first-order chi connectivity index (χ1) is 9.40. The van der Waals surface area contributed by atoms with E-state index in [0.29, 0.717) is 12.5 Å². The Morgan fingerprint density at radius 1 is 1.40 bits per heavy atom. The van der Waals surface area contributed by atoms with Gasteiger partial charge in [-0.1, -0.05) is 19.3 Å². The molecule has 1 aliphatic rings. The van der Waals surface area contributed by atoms with Gasteiger partial charge in [-0.25, -0.2) is 13.1 Å². The van der Waals surface area contributed by atoms with E-state index >= 15 is 0 Å². The normalized spacial score (nSPS) is 15.8. The van der Waals surface area contributed by atoms with Crippen LogP contribution in [0, 0.1) is 16.0 Å². The number of benzene rings is 1. The Morgan fingerprint density at radius 3 is 2.65 bits per heavy atom. The number of phenolic OH excluding ortho intramolecular Hbond substituents is 1. The average molecular weight is 300 g/mol. The van der Waals surface area contributed by atoms with Crippen molar-refractivity contribution in [2.45, 2.75) is 30.6 Å². The highest BCUT2D eigenvalue weighted by molar-refractivity contribution is 7.89. The summed E-state index contributed by atoms with van der Waals surface area (Å²) in [7, 11) is -3.78. The molecule has 1 aromatic carbocycles. The number of hydrogen-bond acceptors (Lipinski definition) is 5. The average Bonchev–Trinajstić information content (AvgIpc) is 2.32. The molecule has 0 aromatic heterocycles. The predicted octanol–water partition coefficient (Wildman–Crippen LogP) is 1.77. The van der Waals surface area contributed by atoms with Crippen LogP contribution in [0.15, 0.2) is 23.1 Å². The SMILES string of the molecule is O=[N+]([O-])c1cc(S(=O)(=O)NCCC2CCC2)ccc1O. The van der Waals surface area contributed by atoms with Gasteiger partial charge >= 0.3 is 5.69 Å². The van der Waals surface area contributed by atoms with Crippen molar-refractivity contribution in [3.05, 3.63) is 28.3 Å². The van der Waals surface area contributed by atoms with Crippen LogP contribution in [0.1, 0.15) is 25.7 Å². The smallest absolute Gasteiger partial charge is 0.312 e. The minimum absolute atomic E-state index is 0.212. The molecular weight excluding hydrogens is 284 g/mol. The van der Waals surface area contributed by atoms with E-state index in [2.05, 4.69) is 4.72 Å². The molecule has 110 valence electrons. The summed E-state index contributed by atoms with van der Waals surface area (Å²) >= 11 is 0. The third-order valence-corrected chi connectivity index (χ3v) is 4.98. The minimum Gasteiger partial charge on any atom is -0.502 e. The maximum absolute atomic E-state index is 12.0. The third kappa shape index (κ3) is 3.26. The van der Waals surface area contributed by atoms with E-state index in [4.69, 9.17) is 0 Å². The Hall–Kier alpha value is -1.67. The number of nitrogens with one attached hydrogen (secondary N) is 1. The highest BCUT2D eigenvalue weighted by atomic mass is 32.2. The molecule has 0 aliphatic heterocycles. The van der Waals surface area contributed by atoms with Gasteiger partial charge in [0.2, 0.25) is 10.0 Å². The Kier molecular flexibility index (Phi) is 4.24. The molecule has 0 saturated heterocycles. The monoisotopic (exact) mass is 300 g/mol. The molecule has 2 rings (SSSR count). The largest absolute Gasteiger partial charge is 0.502 e. The van der Waals surface area contributed by atoms with Gasteiger partial charge in [0.15, 0.2) is 5.75 Å². The van der Waals surface area contributed by atoms with Crippen molar-refractivity contribution in [1.29, 1.82) is 0 Å². The van der Waals surface area contributed by atoms with Crippen molar-refractivity contribution >= 4 is 15.7 Å². The van der Waals surface area contributed by atoms with Gasteiger partial charge in [-0.3, -0.25) is 10.1 Å². The number of nitrogens with zero attached hydrogens (tertiary/aromatic N) is 1. The minimum atomic E-state index is -3.78. The van der Waals surface area contributed by atoms with E-state index < -0.39 is 26.4 Å². The first-order valence-corrected chi connectivity index (χ1v) is 7.85. The summed E-state index contributed by atoms with van der Waals surface area (Å²) in [5.41, 5.74) is -0.619. The van der Waals surface area contributed by atoms with Crippen LogP contribution in [0.3, 0.4) is 0 Å². The lowest BCUT2D eigenvalue weighted by molar-refractivity contribution is -0.386. The number of nitro groups is 1. The van der Waals surface area contributed by atoms with Gasteiger partial charge in [-0.05, 0) is 24.5 Å². The highest BCUT2D eigenvalue weighted by Crippen LogP contribution is 2.30. The summed E-state index contributed by atoms with van der Waals surface area (Å²) in [6.07, 6.45) is 4.24. The molecule has 2 N–H and O–H groups in total. The molecule has 8 heteroatoms. The van der Waals surface area contributed by atoms with E-state index in [1.54, 1.807) is 0 Å². The topological polar surface area (TPSA) is 110 Å². The second kappa shape index (κ2) is 5.76. The van der Waals surface area contributed by atoms with Crippen LogP contribution in [0.2, 0.25) is 0 Å². The summed E-state index contributed by atoms with van der Waals surface area (Å²) in [6.45, 7) is 0.321. The highest BCUT2D eigenvalue weighted by Gasteiger charge is 2.22. The third-order valence-electron chi connectivity index (χ3n) is 3.52. The van der Waals surface area contributed by atoms with Crippen LogP contribution in [0.4, 0.5) is 5.69 Å². The molecular formula is C12H16N2O5S. The molecule has 1 saturated carbocycles. The summed E-state index contributed by atoms with van der Waals surface area (Å²) in [5.74, 6) is 0.0234. The number of hydrogen-bond donors (Lipinski definition) is 2. The van der Waals surface area contributed by atoms with E-state index in [0.717, 1.165) is 37.5 Å². The zero-order valence-electron chi connectivity index (χ0n) is 10.8. The van der Waals surface area contributed by atoms with Crippen LogP contribution in [-0.2, 0) is 10.0 Å². The quantitative estimate of drug-likeness (QED) is 0.614. The van der Waals surface area contributed by atoms with Gasteiger partial charge in [0.1, 0.15) is 0 Å². The summed E-state index contributed by atoms with van der Waals surface area (Å²) in [5, 5.41) is 20.0. The lowest BCUT2D eigenvalue weighted by Gasteiger charge is -2.25. The van der Waals surface area contributed by atoms with Crippen molar-refractivity contribution < 1.29 is 18.4 Å².